The first-order chi connectivity index (χ1) is 8.56. The van der Waals surface area contributed by atoms with E-state index in [1.807, 2.05) is 44.2 Å². The topological polar surface area (TPSA) is 56.0 Å². The van der Waals surface area contributed by atoms with E-state index in [1.54, 1.807) is 6.07 Å². The molecule has 1 unspecified atom stereocenters. The molecule has 4 heteroatoms. The van der Waals surface area contributed by atoms with E-state index in [1.165, 1.54) is 0 Å². The predicted molar refractivity (Wildman–Crippen MR) is 74.7 cm³/mol. The van der Waals surface area contributed by atoms with Crippen LogP contribution < -0.4 is 5.73 Å². The van der Waals surface area contributed by atoms with Gasteiger partial charge in [-0.2, -0.15) is 0 Å². The Morgan fingerprint density at radius 1 is 1.22 bits per heavy atom. The summed E-state index contributed by atoms with van der Waals surface area (Å²) in [4.78, 5) is 5.05. The number of nitrogens with zero attached hydrogens (tertiary/aromatic N) is 1. The predicted octanol–water partition coefficient (Wildman–Crippen LogP) is 2.59. The normalized spacial score (nSPS) is 12.3. The van der Waals surface area contributed by atoms with E-state index in [2.05, 4.69) is 4.98 Å². The molecule has 0 saturated heterocycles. The Labute approximate surface area is 110 Å². The third-order valence-electron chi connectivity index (χ3n) is 2.64. The molecule has 0 aliphatic rings. The van der Waals surface area contributed by atoms with Crippen LogP contribution >= 0.6 is 0 Å². The van der Waals surface area contributed by atoms with Gasteiger partial charge in [0.1, 0.15) is 0 Å². The Hall–Kier alpha value is -1.68. The molecule has 0 aliphatic carbocycles. The van der Waals surface area contributed by atoms with Gasteiger partial charge in [0.15, 0.2) is 0 Å². The van der Waals surface area contributed by atoms with E-state index in [0.717, 1.165) is 17.0 Å². The number of benzene rings is 1. The van der Waals surface area contributed by atoms with Crippen molar-refractivity contribution >= 4 is 16.5 Å². The molecule has 2 aromatic rings. The summed E-state index contributed by atoms with van der Waals surface area (Å²) in [6.07, 6.45) is 0. The highest BCUT2D eigenvalue weighted by Crippen LogP contribution is 2.20. The second kappa shape index (κ2) is 5.31. The van der Waals surface area contributed by atoms with Gasteiger partial charge in [0, 0.05) is 11.4 Å². The quantitative estimate of drug-likeness (QED) is 0.863. The maximum Gasteiger partial charge on any atom is 0.0706 e. The molecule has 2 rings (SSSR count). The molecule has 1 aromatic heterocycles. The number of aromatic nitrogens is 1. The lowest BCUT2D eigenvalue weighted by atomic mass is 10.2. The lowest BCUT2D eigenvalue weighted by Crippen LogP contribution is -2.03. The maximum atomic E-state index is 12.3. The zero-order valence-electron chi connectivity index (χ0n) is 10.5. The number of anilines is 1. The molecule has 94 valence electrons. The summed E-state index contributed by atoms with van der Waals surface area (Å²) in [5.41, 5.74) is 9.26. The number of pyridine rings is 1. The first-order valence-electron chi connectivity index (χ1n) is 5.73. The molecule has 0 saturated carbocycles. The smallest absolute Gasteiger partial charge is 0.0706 e. The highest BCUT2D eigenvalue weighted by Gasteiger charge is 2.10. The lowest BCUT2D eigenvalue weighted by Gasteiger charge is -2.07. The standard InChI is InChI=1S/C14H16N2OS/c1-10-6-7-13(15)14(8-10)18(17)9-12-5-3-4-11(2)16-12/h3-8H,9,15H2,1-2H3. The summed E-state index contributed by atoms with van der Waals surface area (Å²) in [7, 11) is -1.15. The number of nitrogens with two attached hydrogens (primary N) is 1. The van der Waals surface area contributed by atoms with E-state index in [0.29, 0.717) is 16.3 Å². The number of rotatable bonds is 3. The Balaban J connectivity index is 2.24. The van der Waals surface area contributed by atoms with Gasteiger partial charge in [-0.05, 0) is 43.7 Å². The Morgan fingerprint density at radius 3 is 2.72 bits per heavy atom. The molecule has 0 bridgehead atoms. The summed E-state index contributed by atoms with van der Waals surface area (Å²) >= 11 is 0. The van der Waals surface area contributed by atoms with Crippen molar-refractivity contribution in [2.24, 2.45) is 0 Å². The molecule has 2 N–H and O–H groups in total. The van der Waals surface area contributed by atoms with Gasteiger partial charge < -0.3 is 5.73 Å². The van der Waals surface area contributed by atoms with Crippen LogP contribution in [-0.4, -0.2) is 9.19 Å². The molecule has 0 amide bonds. The first-order valence-corrected chi connectivity index (χ1v) is 7.05. The van der Waals surface area contributed by atoms with Gasteiger partial charge in [-0.3, -0.25) is 9.19 Å². The molecule has 0 fully saturated rings. The SMILES string of the molecule is Cc1ccc(N)c(S(=O)Cc2cccc(C)n2)c1. The van der Waals surface area contributed by atoms with Crippen molar-refractivity contribution in [3.8, 4) is 0 Å². The van der Waals surface area contributed by atoms with Crippen molar-refractivity contribution in [2.45, 2.75) is 24.5 Å². The van der Waals surface area contributed by atoms with Crippen molar-refractivity contribution in [1.82, 2.24) is 4.98 Å². The second-order valence-corrected chi connectivity index (χ2v) is 5.72. The summed E-state index contributed by atoms with van der Waals surface area (Å²) < 4.78 is 12.3. The van der Waals surface area contributed by atoms with Crippen LogP contribution in [0.25, 0.3) is 0 Å². The minimum atomic E-state index is -1.15. The van der Waals surface area contributed by atoms with Gasteiger partial charge in [-0.15, -0.1) is 0 Å². The monoisotopic (exact) mass is 260 g/mol. The van der Waals surface area contributed by atoms with Gasteiger partial charge in [-0.1, -0.05) is 12.1 Å². The maximum absolute atomic E-state index is 12.3. The number of nitrogen functional groups attached to an aromatic ring is 1. The molecule has 18 heavy (non-hydrogen) atoms. The fourth-order valence-corrected chi connectivity index (χ4v) is 2.96. The third-order valence-corrected chi connectivity index (χ3v) is 4.04. The van der Waals surface area contributed by atoms with Gasteiger partial charge in [-0.25, -0.2) is 0 Å². The number of hydrogen-bond donors (Lipinski definition) is 1. The molecule has 1 heterocycles. The largest absolute Gasteiger partial charge is 0.398 e. The van der Waals surface area contributed by atoms with Crippen LogP contribution in [0.1, 0.15) is 17.0 Å². The third kappa shape index (κ3) is 2.96. The summed E-state index contributed by atoms with van der Waals surface area (Å²) in [5.74, 6) is 0.398. The van der Waals surface area contributed by atoms with E-state index in [-0.39, 0.29) is 0 Å². The van der Waals surface area contributed by atoms with Crippen molar-refractivity contribution < 1.29 is 4.21 Å². The first kappa shape index (κ1) is 12.8. The van der Waals surface area contributed by atoms with Gasteiger partial charge in [0.2, 0.25) is 0 Å². The van der Waals surface area contributed by atoms with Crippen molar-refractivity contribution in [3.05, 3.63) is 53.3 Å². The minimum absolute atomic E-state index is 0.398. The molecular weight excluding hydrogens is 244 g/mol. The lowest BCUT2D eigenvalue weighted by molar-refractivity contribution is 0.682. The van der Waals surface area contributed by atoms with E-state index in [9.17, 15) is 4.21 Å². The molecule has 0 radical (unpaired) electrons. The van der Waals surface area contributed by atoms with Crippen LogP contribution in [0.4, 0.5) is 5.69 Å². The Bertz CT molecular complexity index is 596. The zero-order valence-corrected chi connectivity index (χ0v) is 11.3. The molecule has 1 atom stereocenters. The minimum Gasteiger partial charge on any atom is -0.398 e. The molecule has 1 aromatic carbocycles. The average molecular weight is 260 g/mol. The van der Waals surface area contributed by atoms with Crippen LogP contribution in [0.3, 0.4) is 0 Å². The van der Waals surface area contributed by atoms with Gasteiger partial charge >= 0.3 is 0 Å². The number of aryl methyl sites for hydroxylation is 2. The Kier molecular flexibility index (Phi) is 3.77. The summed E-state index contributed by atoms with van der Waals surface area (Å²) in [6.45, 7) is 3.89. The van der Waals surface area contributed by atoms with Gasteiger partial charge in [0.25, 0.3) is 0 Å². The van der Waals surface area contributed by atoms with E-state index in [4.69, 9.17) is 5.73 Å². The van der Waals surface area contributed by atoms with E-state index < -0.39 is 10.8 Å². The van der Waals surface area contributed by atoms with E-state index >= 15 is 0 Å². The van der Waals surface area contributed by atoms with Crippen LogP contribution in [0.5, 0.6) is 0 Å². The highest BCUT2D eigenvalue weighted by atomic mass is 32.2. The highest BCUT2D eigenvalue weighted by molar-refractivity contribution is 7.84. The summed E-state index contributed by atoms with van der Waals surface area (Å²) in [5, 5.41) is 0. The second-order valence-electron chi connectivity index (χ2n) is 4.30. The molecule has 0 aliphatic heterocycles. The fourth-order valence-electron chi connectivity index (χ4n) is 1.73. The zero-order chi connectivity index (χ0) is 13.1. The van der Waals surface area contributed by atoms with Crippen LogP contribution in [-0.2, 0) is 16.6 Å². The van der Waals surface area contributed by atoms with Gasteiger partial charge in [0.05, 0.1) is 27.1 Å². The van der Waals surface area contributed by atoms with Crippen molar-refractivity contribution in [1.29, 1.82) is 0 Å². The molecular formula is C14H16N2OS. The summed E-state index contributed by atoms with van der Waals surface area (Å²) in [6, 6.07) is 11.3. The molecule has 0 spiro atoms. The van der Waals surface area contributed by atoms with Crippen LogP contribution in [0.2, 0.25) is 0 Å². The average Bonchev–Trinajstić information content (AvgIpc) is 2.32. The van der Waals surface area contributed by atoms with Crippen molar-refractivity contribution in [3.63, 3.8) is 0 Å². The molecule has 3 nitrogen and oxygen atoms in total. The van der Waals surface area contributed by atoms with Crippen LogP contribution in [0.15, 0.2) is 41.3 Å². The van der Waals surface area contributed by atoms with Crippen molar-refractivity contribution in [2.75, 3.05) is 5.73 Å². The fraction of sp³-hybridized carbons (Fsp3) is 0.214. The number of hydrogen-bond acceptors (Lipinski definition) is 3. The Morgan fingerprint density at radius 2 is 2.00 bits per heavy atom. The van der Waals surface area contributed by atoms with Crippen LogP contribution in [0, 0.1) is 13.8 Å².